The Kier molecular flexibility index (Phi) is 5.45. The molecule has 3 rings (SSSR count). The van der Waals surface area contributed by atoms with Gasteiger partial charge >= 0.3 is 5.97 Å². The highest BCUT2D eigenvalue weighted by Gasteiger charge is 2.12. The first kappa shape index (κ1) is 17.6. The zero-order chi connectivity index (χ0) is 17.8. The van der Waals surface area contributed by atoms with E-state index in [1.807, 2.05) is 43.3 Å². The molecule has 0 spiro atoms. The number of ether oxygens (including phenoxy) is 1. The average Bonchev–Trinajstić information content (AvgIpc) is 3.03. The number of nitrogens with one attached hydrogen (secondary N) is 1. The summed E-state index contributed by atoms with van der Waals surface area (Å²) >= 11 is 6.74. The number of benzene rings is 1. The molecule has 0 fully saturated rings. The molecule has 0 aliphatic carbocycles. The quantitative estimate of drug-likeness (QED) is 0.530. The summed E-state index contributed by atoms with van der Waals surface area (Å²) in [4.78, 5) is 29.5. The van der Waals surface area contributed by atoms with Crippen LogP contribution in [0.25, 0.3) is 10.2 Å². The molecule has 0 radical (unpaired) electrons. The number of esters is 1. The summed E-state index contributed by atoms with van der Waals surface area (Å²) in [5, 5.41) is 0.563. The van der Waals surface area contributed by atoms with E-state index in [-0.39, 0.29) is 23.5 Å². The van der Waals surface area contributed by atoms with Crippen molar-refractivity contribution in [3.63, 3.8) is 0 Å². The first-order valence-electron chi connectivity index (χ1n) is 8.03. The van der Waals surface area contributed by atoms with Gasteiger partial charge in [-0.2, -0.15) is 0 Å². The van der Waals surface area contributed by atoms with E-state index in [1.165, 1.54) is 15.9 Å². The van der Waals surface area contributed by atoms with Gasteiger partial charge in [-0.3, -0.25) is 14.2 Å². The van der Waals surface area contributed by atoms with E-state index >= 15 is 0 Å². The molecule has 0 saturated heterocycles. The summed E-state index contributed by atoms with van der Waals surface area (Å²) in [5.41, 5.74) is 0.839. The highest BCUT2D eigenvalue weighted by molar-refractivity contribution is 7.71. The molecule has 25 heavy (non-hydrogen) atoms. The Balaban J connectivity index is 1.70. The maximum atomic E-state index is 12.6. The molecule has 0 aliphatic rings. The van der Waals surface area contributed by atoms with E-state index in [2.05, 4.69) is 4.98 Å². The fourth-order valence-electron chi connectivity index (χ4n) is 2.52. The highest BCUT2D eigenvalue weighted by atomic mass is 32.1. The van der Waals surface area contributed by atoms with E-state index in [4.69, 9.17) is 17.0 Å². The summed E-state index contributed by atoms with van der Waals surface area (Å²) < 4.78 is 6.74. The predicted octanol–water partition coefficient (Wildman–Crippen LogP) is 3.47. The average molecular weight is 374 g/mol. The van der Waals surface area contributed by atoms with Crippen LogP contribution in [0.15, 0.2) is 41.2 Å². The van der Waals surface area contributed by atoms with Crippen molar-refractivity contribution in [1.29, 1.82) is 0 Å². The molecular formula is C18H18N2O3S2. The van der Waals surface area contributed by atoms with E-state index < -0.39 is 5.97 Å². The van der Waals surface area contributed by atoms with Crippen LogP contribution < -0.4 is 5.56 Å². The summed E-state index contributed by atoms with van der Waals surface area (Å²) in [7, 11) is 0. The van der Waals surface area contributed by atoms with Crippen LogP contribution in [0.2, 0.25) is 0 Å². The van der Waals surface area contributed by atoms with Crippen molar-refractivity contribution in [2.45, 2.75) is 26.3 Å². The lowest BCUT2D eigenvalue weighted by Crippen LogP contribution is -2.27. The number of hydrogen-bond acceptors (Lipinski definition) is 5. The number of aromatic amines is 1. The van der Waals surface area contributed by atoms with Crippen molar-refractivity contribution in [2.24, 2.45) is 0 Å². The number of nitrogens with zero attached hydrogens (tertiary/aromatic N) is 1. The van der Waals surface area contributed by atoms with Crippen LogP contribution in [0.1, 0.15) is 17.4 Å². The molecule has 0 amide bonds. The van der Waals surface area contributed by atoms with E-state index in [1.54, 1.807) is 0 Å². The number of rotatable bonds is 6. The molecule has 1 aromatic carbocycles. The van der Waals surface area contributed by atoms with Crippen LogP contribution in [0.5, 0.6) is 0 Å². The van der Waals surface area contributed by atoms with E-state index in [9.17, 15) is 9.59 Å². The molecule has 1 N–H and O–H groups in total. The number of carbonyl (C=O) groups excluding carboxylic acids is 1. The zero-order valence-electron chi connectivity index (χ0n) is 13.8. The molecule has 7 heteroatoms. The maximum Gasteiger partial charge on any atom is 0.326 e. The Labute approximate surface area is 153 Å². The van der Waals surface area contributed by atoms with Gasteiger partial charge in [0.25, 0.3) is 5.56 Å². The number of carbonyl (C=O) groups is 1. The van der Waals surface area contributed by atoms with Gasteiger partial charge in [-0.05, 0) is 30.3 Å². The Morgan fingerprint density at radius 3 is 2.80 bits per heavy atom. The Morgan fingerprint density at radius 2 is 2.08 bits per heavy atom. The summed E-state index contributed by atoms with van der Waals surface area (Å²) in [6, 6.07) is 11.6. The Morgan fingerprint density at radius 1 is 1.32 bits per heavy atom. The van der Waals surface area contributed by atoms with Crippen molar-refractivity contribution in [2.75, 3.05) is 6.61 Å². The van der Waals surface area contributed by atoms with Crippen LogP contribution >= 0.6 is 23.6 Å². The summed E-state index contributed by atoms with van der Waals surface area (Å²) in [6.45, 7) is 2.12. The van der Waals surface area contributed by atoms with Crippen molar-refractivity contribution in [3.8, 4) is 0 Å². The third-order valence-corrected chi connectivity index (χ3v) is 5.37. The smallest absolute Gasteiger partial charge is 0.326 e. The molecule has 0 atom stereocenters. The fraction of sp³-hybridized carbons (Fsp3) is 0.278. The van der Waals surface area contributed by atoms with Crippen LogP contribution in [-0.2, 0) is 28.9 Å². The van der Waals surface area contributed by atoms with Gasteiger partial charge in [0.1, 0.15) is 11.4 Å². The fourth-order valence-corrected chi connectivity index (χ4v) is 3.82. The highest BCUT2D eigenvalue weighted by Crippen LogP contribution is 2.21. The maximum absolute atomic E-state index is 12.6. The molecular weight excluding hydrogens is 356 g/mol. The molecule has 2 heterocycles. The number of thiophene rings is 1. The number of fused-ring (bicyclic) bond motifs is 1. The van der Waals surface area contributed by atoms with Gasteiger partial charge in [0.15, 0.2) is 4.77 Å². The van der Waals surface area contributed by atoms with E-state index in [0.717, 1.165) is 21.7 Å². The lowest BCUT2D eigenvalue weighted by atomic mass is 10.2. The minimum atomic E-state index is -0.470. The van der Waals surface area contributed by atoms with Gasteiger partial charge in [0.05, 0.1) is 12.0 Å². The standard InChI is InChI=1S/C18H18N2O3S2/c1-2-13-10-14-16(25-13)19-18(24)20(17(14)22)11-15(21)23-9-8-12-6-4-3-5-7-12/h3-7,10H,2,8-9,11H2,1H3,(H,19,24). The molecule has 0 aliphatic heterocycles. The number of aromatic nitrogens is 2. The Bertz CT molecular complexity index is 1000. The van der Waals surface area contributed by atoms with Crippen molar-refractivity contribution in [3.05, 3.63) is 62.0 Å². The normalized spacial score (nSPS) is 10.9. The van der Waals surface area contributed by atoms with E-state index in [0.29, 0.717) is 11.8 Å². The molecule has 0 saturated carbocycles. The molecule has 2 aromatic heterocycles. The SMILES string of the molecule is CCc1cc2c(=O)n(CC(=O)OCCc3ccccc3)c(=S)[nH]c2s1. The molecule has 3 aromatic rings. The molecule has 0 bridgehead atoms. The van der Waals surface area contributed by atoms with Crippen molar-refractivity contribution >= 4 is 39.7 Å². The number of aryl methyl sites for hydroxylation is 1. The van der Waals surface area contributed by atoms with Gasteiger partial charge < -0.3 is 9.72 Å². The number of H-pyrrole nitrogens is 1. The molecule has 5 nitrogen and oxygen atoms in total. The third-order valence-electron chi connectivity index (χ3n) is 3.86. The van der Waals surface area contributed by atoms with Gasteiger partial charge in [0.2, 0.25) is 0 Å². The van der Waals surface area contributed by atoms with Crippen molar-refractivity contribution < 1.29 is 9.53 Å². The molecule has 130 valence electrons. The van der Waals surface area contributed by atoms with Crippen LogP contribution in [0.4, 0.5) is 0 Å². The second kappa shape index (κ2) is 7.76. The number of hydrogen-bond donors (Lipinski definition) is 1. The van der Waals surface area contributed by atoms with Gasteiger partial charge in [0, 0.05) is 11.3 Å². The lowest BCUT2D eigenvalue weighted by molar-refractivity contribution is -0.144. The second-order valence-corrected chi connectivity index (χ2v) is 7.11. The van der Waals surface area contributed by atoms with Crippen LogP contribution in [0, 0.1) is 4.77 Å². The van der Waals surface area contributed by atoms with Crippen molar-refractivity contribution in [1.82, 2.24) is 9.55 Å². The minimum Gasteiger partial charge on any atom is -0.464 e. The first-order chi connectivity index (χ1) is 12.1. The van der Waals surface area contributed by atoms with Gasteiger partial charge in [-0.15, -0.1) is 11.3 Å². The lowest BCUT2D eigenvalue weighted by Gasteiger charge is -2.07. The van der Waals surface area contributed by atoms with Gasteiger partial charge in [-0.1, -0.05) is 37.3 Å². The van der Waals surface area contributed by atoms with Crippen LogP contribution in [-0.4, -0.2) is 22.1 Å². The molecule has 0 unspecified atom stereocenters. The first-order valence-corrected chi connectivity index (χ1v) is 9.26. The second-order valence-electron chi connectivity index (χ2n) is 5.59. The Hall–Kier alpha value is -2.25. The van der Waals surface area contributed by atoms with Crippen LogP contribution in [0.3, 0.4) is 0 Å². The zero-order valence-corrected chi connectivity index (χ0v) is 15.4. The third kappa shape index (κ3) is 4.05. The summed E-state index contributed by atoms with van der Waals surface area (Å²) in [5.74, 6) is -0.470. The minimum absolute atomic E-state index is 0.184. The summed E-state index contributed by atoms with van der Waals surface area (Å²) in [6.07, 6.45) is 1.48. The predicted molar refractivity (Wildman–Crippen MR) is 102 cm³/mol. The topological polar surface area (TPSA) is 64.1 Å². The van der Waals surface area contributed by atoms with Gasteiger partial charge in [-0.25, -0.2) is 0 Å². The monoisotopic (exact) mass is 374 g/mol. The largest absolute Gasteiger partial charge is 0.464 e.